The van der Waals surface area contributed by atoms with Crippen molar-refractivity contribution in [3.8, 4) is 0 Å². The van der Waals surface area contributed by atoms with Crippen molar-refractivity contribution >= 4 is 23.5 Å². The molecular formula is C22H27N5O3. The Morgan fingerprint density at radius 2 is 2.00 bits per heavy atom. The number of anilines is 1. The first kappa shape index (κ1) is 20.1. The number of carbonyl (C=O) groups is 3. The molecule has 1 fully saturated rings. The van der Waals surface area contributed by atoms with Crippen LogP contribution in [-0.4, -0.2) is 39.4 Å². The van der Waals surface area contributed by atoms with Crippen LogP contribution in [0.3, 0.4) is 0 Å². The minimum Gasteiger partial charge on any atom is -0.356 e. The summed E-state index contributed by atoms with van der Waals surface area (Å²) in [4.78, 5) is 38.4. The lowest BCUT2D eigenvalue weighted by molar-refractivity contribution is -0.132. The number of nitrogens with zero attached hydrogens (tertiary/aromatic N) is 2. The highest BCUT2D eigenvalue weighted by atomic mass is 16.2. The van der Waals surface area contributed by atoms with E-state index in [1.165, 1.54) is 0 Å². The van der Waals surface area contributed by atoms with Crippen LogP contribution < -0.4 is 10.6 Å². The number of nitrogens with one attached hydrogen (secondary N) is 3. The quantitative estimate of drug-likeness (QED) is 0.679. The molecule has 3 amide bonds. The second-order valence-electron chi connectivity index (χ2n) is 8.48. The zero-order valence-electron chi connectivity index (χ0n) is 17.3. The fraction of sp³-hybridized carbons (Fsp3) is 0.455. The maximum atomic E-state index is 12.5. The lowest BCUT2D eigenvalue weighted by Gasteiger charge is -2.17. The fourth-order valence-corrected chi connectivity index (χ4v) is 4.04. The summed E-state index contributed by atoms with van der Waals surface area (Å²) in [6.45, 7) is 5.72. The van der Waals surface area contributed by atoms with Crippen LogP contribution in [-0.2, 0) is 33.9 Å². The number of aromatic amines is 1. The van der Waals surface area contributed by atoms with Crippen LogP contribution >= 0.6 is 0 Å². The van der Waals surface area contributed by atoms with Crippen molar-refractivity contribution in [1.82, 2.24) is 20.4 Å². The van der Waals surface area contributed by atoms with Crippen molar-refractivity contribution in [2.45, 2.75) is 52.1 Å². The van der Waals surface area contributed by atoms with Crippen LogP contribution in [0.2, 0.25) is 0 Å². The molecule has 4 rings (SSSR count). The molecule has 8 heteroatoms. The van der Waals surface area contributed by atoms with Crippen molar-refractivity contribution in [3.05, 3.63) is 46.6 Å². The van der Waals surface area contributed by atoms with Crippen molar-refractivity contribution in [2.75, 3.05) is 11.9 Å². The molecule has 1 aromatic heterocycles. The molecule has 1 unspecified atom stereocenters. The second kappa shape index (κ2) is 8.30. The lowest BCUT2D eigenvalue weighted by Crippen LogP contribution is -2.27. The fourth-order valence-electron chi connectivity index (χ4n) is 4.04. The summed E-state index contributed by atoms with van der Waals surface area (Å²) in [6, 6.07) is 7.62. The SMILES string of the molecule is CC(C)CC(=O)N1Cc2[nH]nc(NC(=O)Cc3ccc(C4CCNC4=O)cc3)c2C1. The van der Waals surface area contributed by atoms with Gasteiger partial charge in [0.15, 0.2) is 5.82 Å². The standard InChI is InChI=1S/C22H27N5O3/c1-13(2)9-20(29)27-11-17-18(12-27)25-26-21(17)24-19(28)10-14-3-5-15(6-4-14)16-7-8-23-22(16)30/h3-6,13,16H,7-12H2,1-2H3,(H,23,30)(H2,24,25,26,28). The molecule has 1 atom stereocenters. The van der Waals surface area contributed by atoms with E-state index in [2.05, 4.69) is 20.8 Å². The Balaban J connectivity index is 1.35. The van der Waals surface area contributed by atoms with Crippen molar-refractivity contribution < 1.29 is 14.4 Å². The van der Waals surface area contributed by atoms with Gasteiger partial charge in [0.05, 0.1) is 31.1 Å². The Morgan fingerprint density at radius 3 is 2.67 bits per heavy atom. The number of benzene rings is 1. The predicted molar refractivity (Wildman–Crippen MR) is 111 cm³/mol. The third-order valence-electron chi connectivity index (χ3n) is 5.64. The Bertz CT molecular complexity index is 964. The van der Waals surface area contributed by atoms with Gasteiger partial charge >= 0.3 is 0 Å². The van der Waals surface area contributed by atoms with E-state index in [4.69, 9.17) is 0 Å². The topological polar surface area (TPSA) is 107 Å². The van der Waals surface area contributed by atoms with E-state index < -0.39 is 0 Å². The van der Waals surface area contributed by atoms with Gasteiger partial charge in [-0.25, -0.2) is 0 Å². The number of hydrogen-bond donors (Lipinski definition) is 3. The number of rotatable bonds is 6. The monoisotopic (exact) mass is 409 g/mol. The molecule has 0 aliphatic carbocycles. The average Bonchev–Trinajstić information content (AvgIpc) is 3.39. The van der Waals surface area contributed by atoms with Crippen LogP contribution in [0.5, 0.6) is 0 Å². The Kier molecular flexibility index (Phi) is 5.57. The van der Waals surface area contributed by atoms with E-state index >= 15 is 0 Å². The maximum absolute atomic E-state index is 12.5. The van der Waals surface area contributed by atoms with E-state index in [1.807, 2.05) is 38.1 Å². The first-order chi connectivity index (χ1) is 14.4. The van der Waals surface area contributed by atoms with Gasteiger partial charge in [-0.3, -0.25) is 19.5 Å². The summed E-state index contributed by atoms with van der Waals surface area (Å²) >= 11 is 0. The van der Waals surface area contributed by atoms with Gasteiger partial charge in [0.1, 0.15) is 0 Å². The van der Waals surface area contributed by atoms with Gasteiger partial charge in [0, 0.05) is 18.5 Å². The third-order valence-corrected chi connectivity index (χ3v) is 5.64. The highest BCUT2D eigenvalue weighted by molar-refractivity contribution is 5.92. The molecule has 3 heterocycles. The van der Waals surface area contributed by atoms with Crippen molar-refractivity contribution in [2.24, 2.45) is 5.92 Å². The maximum Gasteiger partial charge on any atom is 0.230 e. The molecule has 1 aromatic carbocycles. The molecule has 3 N–H and O–H groups in total. The molecule has 0 radical (unpaired) electrons. The van der Waals surface area contributed by atoms with Crippen molar-refractivity contribution in [1.29, 1.82) is 0 Å². The second-order valence-corrected chi connectivity index (χ2v) is 8.48. The van der Waals surface area contributed by atoms with E-state index in [-0.39, 0.29) is 30.1 Å². The molecule has 2 aromatic rings. The minimum absolute atomic E-state index is 0.0637. The Labute approximate surface area is 175 Å². The molecule has 158 valence electrons. The first-order valence-electron chi connectivity index (χ1n) is 10.4. The smallest absolute Gasteiger partial charge is 0.230 e. The average molecular weight is 409 g/mol. The van der Waals surface area contributed by atoms with Gasteiger partial charge in [0.2, 0.25) is 17.7 Å². The summed E-state index contributed by atoms with van der Waals surface area (Å²) in [5.74, 6) is 0.720. The Hall–Kier alpha value is -3.16. The normalized spacial score (nSPS) is 17.9. The number of amides is 3. The highest BCUT2D eigenvalue weighted by Crippen LogP contribution is 2.28. The van der Waals surface area contributed by atoms with Gasteiger partial charge in [-0.2, -0.15) is 5.10 Å². The summed E-state index contributed by atoms with van der Waals surface area (Å²) in [5.41, 5.74) is 3.60. The van der Waals surface area contributed by atoms with Crippen LogP contribution in [0, 0.1) is 5.92 Å². The summed E-state index contributed by atoms with van der Waals surface area (Å²) < 4.78 is 0. The largest absolute Gasteiger partial charge is 0.356 e. The molecule has 1 saturated heterocycles. The van der Waals surface area contributed by atoms with Gasteiger partial charge in [-0.05, 0) is 23.5 Å². The highest BCUT2D eigenvalue weighted by Gasteiger charge is 2.29. The van der Waals surface area contributed by atoms with Crippen molar-refractivity contribution in [3.63, 3.8) is 0 Å². The number of hydrogen-bond acceptors (Lipinski definition) is 4. The third kappa shape index (κ3) is 4.22. The van der Waals surface area contributed by atoms with Gasteiger partial charge in [0.25, 0.3) is 0 Å². The van der Waals surface area contributed by atoms with E-state index in [1.54, 1.807) is 4.90 Å². The van der Waals surface area contributed by atoms with Gasteiger partial charge in [-0.15, -0.1) is 0 Å². The number of carbonyl (C=O) groups excluding carboxylic acids is 3. The number of aromatic nitrogens is 2. The Morgan fingerprint density at radius 1 is 1.23 bits per heavy atom. The van der Waals surface area contributed by atoms with Gasteiger partial charge in [-0.1, -0.05) is 38.1 Å². The van der Waals surface area contributed by atoms with Crippen LogP contribution in [0.4, 0.5) is 5.82 Å². The predicted octanol–water partition coefficient (Wildman–Crippen LogP) is 2.08. The summed E-state index contributed by atoms with van der Waals surface area (Å²) in [6.07, 6.45) is 1.53. The molecular weight excluding hydrogens is 382 g/mol. The molecule has 2 aliphatic heterocycles. The first-order valence-corrected chi connectivity index (χ1v) is 10.4. The number of fused-ring (bicyclic) bond motifs is 1. The zero-order valence-corrected chi connectivity index (χ0v) is 17.3. The van der Waals surface area contributed by atoms with Gasteiger partial charge < -0.3 is 15.5 Å². The van der Waals surface area contributed by atoms with E-state index in [0.29, 0.717) is 37.8 Å². The van der Waals surface area contributed by atoms with Crippen LogP contribution in [0.25, 0.3) is 0 Å². The van der Waals surface area contributed by atoms with E-state index in [0.717, 1.165) is 28.8 Å². The molecule has 30 heavy (non-hydrogen) atoms. The minimum atomic E-state index is -0.164. The van der Waals surface area contributed by atoms with Crippen LogP contribution in [0.15, 0.2) is 24.3 Å². The molecule has 2 aliphatic rings. The molecule has 0 spiro atoms. The number of H-pyrrole nitrogens is 1. The molecule has 0 bridgehead atoms. The van der Waals surface area contributed by atoms with E-state index in [9.17, 15) is 14.4 Å². The lowest BCUT2D eigenvalue weighted by atomic mass is 9.96. The molecule has 8 nitrogen and oxygen atoms in total. The van der Waals surface area contributed by atoms with Crippen LogP contribution in [0.1, 0.15) is 55.0 Å². The zero-order chi connectivity index (χ0) is 21.3. The summed E-state index contributed by atoms with van der Waals surface area (Å²) in [7, 11) is 0. The molecule has 0 saturated carbocycles. The summed E-state index contributed by atoms with van der Waals surface area (Å²) in [5, 5.41) is 12.9.